The summed E-state index contributed by atoms with van der Waals surface area (Å²) in [6, 6.07) is 23.8. The third-order valence-electron chi connectivity index (χ3n) is 4.31. The Balaban J connectivity index is 1.79. The van der Waals surface area contributed by atoms with Crippen LogP contribution in [0.3, 0.4) is 0 Å². The standard InChI is InChI=1S/C22H21ClN2O3S/c1-29(27,28)25(20-12-7-11-19(23)15-20)16-22(26)24-21-13-6-5-10-18(21)14-17-8-3-2-4-9-17/h2-13,15H,14,16H2,1H3,(H,24,26). The number of hydrogen-bond donors (Lipinski definition) is 1. The largest absolute Gasteiger partial charge is 0.324 e. The molecular weight excluding hydrogens is 408 g/mol. The van der Waals surface area contributed by atoms with Gasteiger partial charge in [-0.1, -0.05) is 66.2 Å². The minimum Gasteiger partial charge on any atom is -0.324 e. The van der Waals surface area contributed by atoms with Crippen molar-refractivity contribution in [2.75, 3.05) is 22.4 Å². The second-order valence-corrected chi connectivity index (χ2v) is 8.96. The van der Waals surface area contributed by atoms with Crippen LogP contribution in [0.15, 0.2) is 78.9 Å². The highest BCUT2D eigenvalue weighted by Gasteiger charge is 2.21. The molecule has 0 aliphatic heterocycles. The van der Waals surface area contributed by atoms with Crippen molar-refractivity contribution in [1.29, 1.82) is 0 Å². The number of amides is 1. The molecule has 5 nitrogen and oxygen atoms in total. The lowest BCUT2D eigenvalue weighted by Gasteiger charge is -2.22. The number of para-hydroxylation sites is 1. The van der Waals surface area contributed by atoms with Gasteiger partial charge in [-0.15, -0.1) is 0 Å². The summed E-state index contributed by atoms with van der Waals surface area (Å²) in [5.41, 5.74) is 3.06. The van der Waals surface area contributed by atoms with Gasteiger partial charge in [-0.05, 0) is 41.8 Å². The quantitative estimate of drug-likeness (QED) is 0.608. The Bertz CT molecular complexity index is 1100. The molecule has 0 aliphatic carbocycles. The highest BCUT2D eigenvalue weighted by Crippen LogP contribution is 2.23. The summed E-state index contributed by atoms with van der Waals surface area (Å²) < 4.78 is 25.5. The number of nitrogens with zero attached hydrogens (tertiary/aromatic N) is 1. The topological polar surface area (TPSA) is 66.5 Å². The van der Waals surface area contributed by atoms with Crippen molar-refractivity contribution in [2.24, 2.45) is 0 Å². The van der Waals surface area contributed by atoms with Crippen molar-refractivity contribution in [3.05, 3.63) is 95.0 Å². The van der Waals surface area contributed by atoms with Crippen LogP contribution in [0.25, 0.3) is 0 Å². The van der Waals surface area contributed by atoms with Gasteiger partial charge in [0.1, 0.15) is 6.54 Å². The zero-order valence-corrected chi connectivity index (χ0v) is 17.5. The minimum atomic E-state index is -3.67. The van der Waals surface area contributed by atoms with Crippen LogP contribution in [-0.2, 0) is 21.2 Å². The third-order valence-corrected chi connectivity index (χ3v) is 5.69. The van der Waals surface area contributed by atoms with Crippen LogP contribution in [0.1, 0.15) is 11.1 Å². The molecule has 0 saturated heterocycles. The van der Waals surface area contributed by atoms with E-state index >= 15 is 0 Å². The number of halogens is 1. The summed E-state index contributed by atoms with van der Waals surface area (Å²) in [6.07, 6.45) is 1.71. The molecule has 3 aromatic rings. The van der Waals surface area contributed by atoms with Crippen LogP contribution in [0, 0.1) is 0 Å². The number of sulfonamides is 1. The molecule has 0 bridgehead atoms. The van der Waals surface area contributed by atoms with Crippen LogP contribution in [0.4, 0.5) is 11.4 Å². The lowest BCUT2D eigenvalue weighted by atomic mass is 10.0. The van der Waals surface area contributed by atoms with Crippen LogP contribution >= 0.6 is 11.6 Å². The number of carbonyl (C=O) groups is 1. The maximum absolute atomic E-state index is 12.7. The molecule has 3 rings (SSSR count). The van der Waals surface area contributed by atoms with Gasteiger partial charge in [0.05, 0.1) is 11.9 Å². The lowest BCUT2D eigenvalue weighted by Crippen LogP contribution is -2.37. The first-order valence-corrected chi connectivity index (χ1v) is 11.2. The molecule has 3 aromatic carbocycles. The number of benzene rings is 3. The fraction of sp³-hybridized carbons (Fsp3) is 0.136. The van der Waals surface area contributed by atoms with Crippen LogP contribution in [-0.4, -0.2) is 27.1 Å². The Morgan fingerprint density at radius 2 is 1.66 bits per heavy atom. The molecular formula is C22H21ClN2O3S. The Kier molecular flexibility index (Phi) is 6.56. The van der Waals surface area contributed by atoms with Crippen molar-refractivity contribution in [3.63, 3.8) is 0 Å². The second-order valence-electron chi connectivity index (χ2n) is 6.62. The maximum Gasteiger partial charge on any atom is 0.245 e. The predicted octanol–water partition coefficient (Wildman–Crippen LogP) is 4.34. The van der Waals surface area contributed by atoms with Gasteiger partial charge in [0.15, 0.2) is 0 Å². The molecule has 0 spiro atoms. The van der Waals surface area contributed by atoms with Crippen molar-refractivity contribution in [3.8, 4) is 0 Å². The summed E-state index contributed by atoms with van der Waals surface area (Å²) in [6.45, 7) is -0.348. The van der Waals surface area contributed by atoms with Gasteiger partial charge in [0.25, 0.3) is 0 Å². The molecule has 0 aromatic heterocycles. The van der Waals surface area contributed by atoms with E-state index < -0.39 is 15.9 Å². The molecule has 0 atom stereocenters. The van der Waals surface area contributed by atoms with Gasteiger partial charge in [0.2, 0.25) is 15.9 Å². The van der Waals surface area contributed by atoms with Gasteiger partial charge in [-0.25, -0.2) is 8.42 Å². The van der Waals surface area contributed by atoms with Gasteiger partial charge in [-0.2, -0.15) is 0 Å². The Labute approximate surface area is 176 Å². The molecule has 7 heteroatoms. The molecule has 0 unspecified atom stereocenters. The normalized spacial score (nSPS) is 11.1. The first-order chi connectivity index (χ1) is 13.8. The molecule has 29 heavy (non-hydrogen) atoms. The molecule has 0 fully saturated rings. The van der Waals surface area contributed by atoms with E-state index in [-0.39, 0.29) is 6.54 Å². The summed E-state index contributed by atoms with van der Waals surface area (Å²) in [4.78, 5) is 12.7. The number of rotatable bonds is 7. The van der Waals surface area contributed by atoms with Crippen molar-refractivity contribution < 1.29 is 13.2 Å². The Morgan fingerprint density at radius 3 is 2.34 bits per heavy atom. The van der Waals surface area contributed by atoms with Crippen molar-refractivity contribution in [1.82, 2.24) is 0 Å². The number of carbonyl (C=O) groups excluding carboxylic acids is 1. The molecule has 0 saturated carbocycles. The van der Waals surface area contributed by atoms with E-state index in [1.807, 2.05) is 48.5 Å². The first kappa shape index (κ1) is 20.9. The summed E-state index contributed by atoms with van der Waals surface area (Å²) in [5.74, 6) is -0.434. The van der Waals surface area contributed by atoms with E-state index in [1.165, 1.54) is 6.07 Å². The molecule has 1 N–H and O–H groups in total. The molecule has 0 radical (unpaired) electrons. The SMILES string of the molecule is CS(=O)(=O)N(CC(=O)Nc1ccccc1Cc1ccccc1)c1cccc(Cl)c1. The molecule has 0 heterocycles. The number of hydrogen-bond acceptors (Lipinski definition) is 3. The fourth-order valence-corrected chi connectivity index (χ4v) is 4.00. The van der Waals surface area contributed by atoms with E-state index in [0.29, 0.717) is 22.8 Å². The average Bonchev–Trinajstić information content (AvgIpc) is 2.67. The third kappa shape index (κ3) is 5.82. The zero-order valence-electron chi connectivity index (χ0n) is 15.9. The summed E-state index contributed by atoms with van der Waals surface area (Å²) in [5, 5.41) is 3.23. The highest BCUT2D eigenvalue weighted by atomic mass is 35.5. The van der Waals surface area contributed by atoms with Crippen molar-refractivity contribution >= 4 is 38.9 Å². The Hall–Kier alpha value is -2.83. The van der Waals surface area contributed by atoms with E-state index in [9.17, 15) is 13.2 Å². The average molecular weight is 429 g/mol. The van der Waals surface area contributed by atoms with Crippen LogP contribution < -0.4 is 9.62 Å². The first-order valence-electron chi connectivity index (χ1n) is 8.98. The van der Waals surface area contributed by atoms with E-state index in [2.05, 4.69) is 5.32 Å². The molecule has 0 aliphatic rings. The zero-order chi connectivity index (χ0) is 20.9. The van der Waals surface area contributed by atoms with Gasteiger partial charge >= 0.3 is 0 Å². The van der Waals surface area contributed by atoms with E-state index in [1.54, 1.807) is 24.3 Å². The lowest BCUT2D eigenvalue weighted by molar-refractivity contribution is -0.114. The number of anilines is 2. The van der Waals surface area contributed by atoms with Crippen molar-refractivity contribution in [2.45, 2.75) is 6.42 Å². The number of nitrogens with one attached hydrogen (secondary N) is 1. The summed E-state index contributed by atoms with van der Waals surface area (Å²) in [7, 11) is -3.67. The Morgan fingerprint density at radius 1 is 0.966 bits per heavy atom. The van der Waals surface area contributed by atoms with Gasteiger partial charge < -0.3 is 5.32 Å². The van der Waals surface area contributed by atoms with Gasteiger partial charge in [-0.3, -0.25) is 9.10 Å². The van der Waals surface area contributed by atoms with E-state index in [0.717, 1.165) is 21.7 Å². The summed E-state index contributed by atoms with van der Waals surface area (Å²) >= 11 is 5.98. The fourth-order valence-electron chi connectivity index (χ4n) is 2.96. The second kappa shape index (κ2) is 9.11. The maximum atomic E-state index is 12.7. The predicted molar refractivity (Wildman–Crippen MR) is 118 cm³/mol. The monoisotopic (exact) mass is 428 g/mol. The minimum absolute atomic E-state index is 0.340. The smallest absolute Gasteiger partial charge is 0.245 e. The van der Waals surface area contributed by atoms with Crippen LogP contribution in [0.5, 0.6) is 0 Å². The van der Waals surface area contributed by atoms with E-state index in [4.69, 9.17) is 11.6 Å². The van der Waals surface area contributed by atoms with Crippen LogP contribution in [0.2, 0.25) is 5.02 Å². The highest BCUT2D eigenvalue weighted by molar-refractivity contribution is 7.92. The van der Waals surface area contributed by atoms with Gasteiger partial charge in [0, 0.05) is 10.7 Å². The molecule has 150 valence electrons. The molecule has 1 amide bonds.